The Kier molecular flexibility index (Phi) is 6.02. The second kappa shape index (κ2) is 8.85. The number of nitrogens with zero attached hydrogens (tertiary/aromatic N) is 3. The average Bonchev–Trinajstić information content (AvgIpc) is 3.31. The van der Waals surface area contributed by atoms with Crippen molar-refractivity contribution in [1.82, 2.24) is 9.55 Å². The summed E-state index contributed by atoms with van der Waals surface area (Å²) in [6.45, 7) is 2.06. The zero-order chi connectivity index (χ0) is 20.2. The number of rotatable bonds is 6. The largest absolute Gasteiger partial charge is 0.317 e. The monoisotopic (exact) mass is 422 g/mol. The standard InChI is InChI=1S/C22H22N4OS2/c1-15-5-4-6-16(13-15)26-11-10-24-22(26)28-12-9-20(27)25-21-18(14-23)17-7-2-3-8-19(17)29-21/h4-6,10-11,13H,2-3,7-9,12H2,1H3,(H,25,27). The highest BCUT2D eigenvalue weighted by Gasteiger charge is 2.21. The first-order chi connectivity index (χ1) is 14.2. The highest BCUT2D eigenvalue weighted by Crippen LogP contribution is 2.37. The highest BCUT2D eigenvalue weighted by molar-refractivity contribution is 7.99. The fraction of sp³-hybridized carbons (Fsp3) is 0.318. The molecule has 0 aliphatic heterocycles. The van der Waals surface area contributed by atoms with Crippen LogP contribution in [0.25, 0.3) is 5.69 Å². The van der Waals surface area contributed by atoms with Crippen LogP contribution in [0.1, 0.15) is 40.8 Å². The predicted octanol–water partition coefficient (Wildman–Crippen LogP) is 5.11. The Balaban J connectivity index is 1.37. The number of aromatic nitrogens is 2. The zero-order valence-corrected chi connectivity index (χ0v) is 17.9. The van der Waals surface area contributed by atoms with Gasteiger partial charge in [0.05, 0.1) is 5.56 Å². The lowest BCUT2D eigenvalue weighted by Crippen LogP contribution is -2.12. The van der Waals surface area contributed by atoms with E-state index in [4.69, 9.17) is 0 Å². The van der Waals surface area contributed by atoms with Gasteiger partial charge in [0.2, 0.25) is 5.91 Å². The van der Waals surface area contributed by atoms with Gasteiger partial charge in [-0.3, -0.25) is 9.36 Å². The molecule has 0 atom stereocenters. The maximum absolute atomic E-state index is 12.5. The Morgan fingerprint density at radius 1 is 1.38 bits per heavy atom. The van der Waals surface area contributed by atoms with Crippen molar-refractivity contribution in [2.24, 2.45) is 0 Å². The lowest BCUT2D eigenvalue weighted by atomic mass is 9.96. The Morgan fingerprint density at radius 3 is 3.07 bits per heavy atom. The van der Waals surface area contributed by atoms with Crippen LogP contribution in [0.2, 0.25) is 0 Å². The summed E-state index contributed by atoms with van der Waals surface area (Å²) >= 11 is 3.13. The van der Waals surface area contributed by atoms with Gasteiger partial charge in [-0.25, -0.2) is 4.98 Å². The van der Waals surface area contributed by atoms with Crippen LogP contribution in [0.15, 0.2) is 41.8 Å². The molecule has 2 heterocycles. The van der Waals surface area contributed by atoms with Crippen molar-refractivity contribution in [3.8, 4) is 11.8 Å². The van der Waals surface area contributed by atoms with Crippen LogP contribution in [0, 0.1) is 18.3 Å². The zero-order valence-electron chi connectivity index (χ0n) is 16.3. The van der Waals surface area contributed by atoms with E-state index in [1.54, 1.807) is 29.3 Å². The van der Waals surface area contributed by atoms with Gasteiger partial charge in [-0.2, -0.15) is 5.26 Å². The first kappa shape index (κ1) is 19.7. The first-order valence-electron chi connectivity index (χ1n) is 9.73. The molecule has 1 amide bonds. The number of hydrogen-bond donors (Lipinski definition) is 1. The summed E-state index contributed by atoms with van der Waals surface area (Å²) in [6.07, 6.45) is 8.33. The van der Waals surface area contributed by atoms with E-state index in [9.17, 15) is 10.1 Å². The van der Waals surface area contributed by atoms with E-state index in [-0.39, 0.29) is 5.91 Å². The molecule has 3 aromatic rings. The van der Waals surface area contributed by atoms with Gasteiger partial charge in [-0.1, -0.05) is 23.9 Å². The maximum Gasteiger partial charge on any atom is 0.225 e. The second-order valence-corrected chi connectivity index (χ2v) is 9.26. The molecule has 0 bridgehead atoms. The van der Waals surface area contributed by atoms with Crippen molar-refractivity contribution in [2.75, 3.05) is 11.1 Å². The van der Waals surface area contributed by atoms with E-state index >= 15 is 0 Å². The summed E-state index contributed by atoms with van der Waals surface area (Å²) < 4.78 is 2.04. The summed E-state index contributed by atoms with van der Waals surface area (Å²) in [5.74, 6) is 0.572. The lowest BCUT2D eigenvalue weighted by Gasteiger charge is -2.09. The molecule has 148 valence electrons. The SMILES string of the molecule is Cc1cccc(-n2ccnc2SCCC(=O)Nc2sc3c(c2C#N)CCCC3)c1. The van der Waals surface area contributed by atoms with E-state index in [2.05, 4.69) is 35.4 Å². The third kappa shape index (κ3) is 4.39. The van der Waals surface area contributed by atoms with Gasteiger partial charge in [0, 0.05) is 35.1 Å². The molecule has 1 aromatic carbocycles. The number of nitrogens with one attached hydrogen (secondary N) is 1. The number of aryl methyl sites for hydroxylation is 2. The number of benzene rings is 1. The molecule has 0 saturated heterocycles. The maximum atomic E-state index is 12.5. The molecule has 2 aromatic heterocycles. The first-order valence-corrected chi connectivity index (χ1v) is 11.5. The molecule has 0 radical (unpaired) electrons. The van der Waals surface area contributed by atoms with Crippen LogP contribution >= 0.6 is 23.1 Å². The topological polar surface area (TPSA) is 70.7 Å². The Labute approximate surface area is 178 Å². The summed E-state index contributed by atoms with van der Waals surface area (Å²) in [5.41, 5.74) is 4.07. The summed E-state index contributed by atoms with van der Waals surface area (Å²) in [5, 5.41) is 14.1. The summed E-state index contributed by atoms with van der Waals surface area (Å²) in [7, 11) is 0. The van der Waals surface area contributed by atoms with E-state index < -0.39 is 0 Å². The highest BCUT2D eigenvalue weighted by atomic mass is 32.2. The van der Waals surface area contributed by atoms with Crippen molar-refractivity contribution in [2.45, 2.75) is 44.2 Å². The van der Waals surface area contributed by atoms with Gasteiger partial charge in [0.15, 0.2) is 5.16 Å². The Morgan fingerprint density at radius 2 is 2.24 bits per heavy atom. The second-order valence-electron chi connectivity index (χ2n) is 7.09. The van der Waals surface area contributed by atoms with Crippen molar-refractivity contribution in [1.29, 1.82) is 5.26 Å². The van der Waals surface area contributed by atoms with Gasteiger partial charge >= 0.3 is 0 Å². The van der Waals surface area contributed by atoms with Gasteiger partial charge in [-0.05, 0) is 55.9 Å². The fourth-order valence-electron chi connectivity index (χ4n) is 3.57. The molecule has 7 heteroatoms. The molecule has 0 fully saturated rings. The van der Waals surface area contributed by atoms with E-state index in [1.807, 2.05) is 22.9 Å². The number of amides is 1. The average molecular weight is 423 g/mol. The predicted molar refractivity (Wildman–Crippen MR) is 118 cm³/mol. The number of anilines is 1. The van der Waals surface area contributed by atoms with Crippen LogP contribution in [-0.2, 0) is 17.6 Å². The third-order valence-electron chi connectivity index (χ3n) is 4.98. The molecule has 4 rings (SSSR count). The van der Waals surface area contributed by atoms with Crippen LogP contribution in [-0.4, -0.2) is 21.2 Å². The number of hydrogen-bond acceptors (Lipinski definition) is 5. The van der Waals surface area contributed by atoms with E-state index in [1.165, 1.54) is 10.4 Å². The van der Waals surface area contributed by atoms with Crippen molar-refractivity contribution in [3.05, 3.63) is 58.2 Å². The minimum absolute atomic E-state index is 0.0544. The summed E-state index contributed by atoms with van der Waals surface area (Å²) in [4.78, 5) is 18.2. The minimum atomic E-state index is -0.0544. The van der Waals surface area contributed by atoms with Gasteiger partial charge in [0.25, 0.3) is 0 Å². The van der Waals surface area contributed by atoms with E-state index in [0.717, 1.165) is 47.1 Å². The minimum Gasteiger partial charge on any atom is -0.317 e. The molecule has 1 N–H and O–H groups in total. The molecule has 0 unspecified atom stereocenters. The molecule has 29 heavy (non-hydrogen) atoms. The number of carbonyl (C=O) groups excluding carboxylic acids is 1. The Bertz CT molecular complexity index is 1080. The van der Waals surface area contributed by atoms with Gasteiger partial charge in [0.1, 0.15) is 11.1 Å². The lowest BCUT2D eigenvalue weighted by molar-refractivity contribution is -0.115. The molecule has 1 aliphatic carbocycles. The molecular weight excluding hydrogens is 400 g/mol. The molecule has 5 nitrogen and oxygen atoms in total. The van der Waals surface area contributed by atoms with Crippen LogP contribution in [0.5, 0.6) is 0 Å². The molecule has 1 aliphatic rings. The summed E-state index contributed by atoms with van der Waals surface area (Å²) in [6, 6.07) is 10.5. The number of nitriles is 1. The molecule has 0 saturated carbocycles. The van der Waals surface area contributed by atoms with Crippen molar-refractivity contribution < 1.29 is 4.79 Å². The van der Waals surface area contributed by atoms with Crippen LogP contribution in [0.3, 0.4) is 0 Å². The Hall–Kier alpha value is -2.56. The van der Waals surface area contributed by atoms with Crippen molar-refractivity contribution in [3.63, 3.8) is 0 Å². The molecule has 0 spiro atoms. The number of fused-ring (bicyclic) bond motifs is 1. The van der Waals surface area contributed by atoms with Gasteiger partial charge < -0.3 is 5.32 Å². The van der Waals surface area contributed by atoms with Gasteiger partial charge in [-0.15, -0.1) is 11.3 Å². The third-order valence-corrected chi connectivity index (χ3v) is 7.16. The fourth-order valence-corrected chi connectivity index (χ4v) is 5.73. The van der Waals surface area contributed by atoms with Crippen LogP contribution in [0.4, 0.5) is 5.00 Å². The van der Waals surface area contributed by atoms with E-state index in [0.29, 0.717) is 17.7 Å². The smallest absolute Gasteiger partial charge is 0.225 e. The molecular formula is C22H22N4OS2. The normalized spacial score (nSPS) is 13.0. The number of imidazole rings is 1. The number of carbonyl (C=O) groups is 1. The quantitative estimate of drug-likeness (QED) is 0.560. The number of thiophene rings is 1. The van der Waals surface area contributed by atoms with Crippen LogP contribution < -0.4 is 5.32 Å². The number of thioether (sulfide) groups is 1. The van der Waals surface area contributed by atoms with Crippen molar-refractivity contribution >= 4 is 34.0 Å².